The van der Waals surface area contributed by atoms with Gasteiger partial charge in [-0.25, -0.2) is 0 Å². The number of thiocarbonyl (C=S) groups is 1. The Kier molecular flexibility index (Phi) is 2.72. The van der Waals surface area contributed by atoms with Crippen molar-refractivity contribution in [1.29, 1.82) is 0 Å². The van der Waals surface area contributed by atoms with E-state index in [9.17, 15) is 0 Å². The summed E-state index contributed by atoms with van der Waals surface area (Å²) in [5.74, 6) is 0. The molecule has 0 aromatic rings. The van der Waals surface area contributed by atoms with Crippen molar-refractivity contribution in [3.05, 3.63) is 0 Å². The number of hydrogen-bond donors (Lipinski definition) is 2. The van der Waals surface area contributed by atoms with Gasteiger partial charge in [-0.1, -0.05) is 12.2 Å². The molecule has 0 radical (unpaired) electrons. The highest BCUT2D eigenvalue weighted by molar-refractivity contribution is 8.11. The topological polar surface area (TPSA) is 20.2 Å². The van der Waals surface area contributed by atoms with Gasteiger partial charge in [-0.2, -0.15) is 0 Å². The van der Waals surface area contributed by atoms with E-state index < -0.39 is 6.10 Å². The third-order valence-electron chi connectivity index (χ3n) is 0.357. The maximum absolute atomic E-state index is 8.41. The van der Waals surface area contributed by atoms with Crippen LogP contribution in [0.4, 0.5) is 0 Å². The van der Waals surface area contributed by atoms with E-state index in [1.807, 2.05) is 0 Å². The van der Waals surface area contributed by atoms with Gasteiger partial charge in [0.2, 0.25) is 0 Å². The summed E-state index contributed by atoms with van der Waals surface area (Å²) >= 11 is 8.11. The first kappa shape index (κ1) is 6.40. The highest BCUT2D eigenvalue weighted by Gasteiger charge is 1.93. The molecular formula is C3H6OS2. The normalized spacial score (nSPS) is 13.8. The van der Waals surface area contributed by atoms with E-state index in [-0.39, 0.29) is 0 Å². The SMILES string of the molecule is CC(O)C(=S)S. The number of thiol groups is 1. The van der Waals surface area contributed by atoms with Gasteiger partial charge < -0.3 is 5.11 Å². The highest BCUT2D eigenvalue weighted by atomic mass is 32.1. The van der Waals surface area contributed by atoms with Gasteiger partial charge in [0.15, 0.2) is 0 Å². The van der Waals surface area contributed by atoms with Crippen LogP contribution >= 0.6 is 24.8 Å². The van der Waals surface area contributed by atoms with Gasteiger partial charge in [-0.05, 0) is 6.92 Å². The Bertz CT molecular complexity index is 59.8. The number of rotatable bonds is 1. The number of aliphatic hydroxyl groups excluding tert-OH is 1. The van der Waals surface area contributed by atoms with Crippen LogP contribution in [0, 0.1) is 0 Å². The van der Waals surface area contributed by atoms with Crippen LogP contribution in [-0.4, -0.2) is 15.4 Å². The fourth-order valence-corrected chi connectivity index (χ4v) is 0. The predicted octanol–water partition coefficient (Wildman–Crippen LogP) is 0.624. The van der Waals surface area contributed by atoms with Gasteiger partial charge in [-0.3, -0.25) is 0 Å². The van der Waals surface area contributed by atoms with Gasteiger partial charge in [0.1, 0.15) is 0 Å². The summed E-state index contributed by atoms with van der Waals surface area (Å²) in [6, 6.07) is 0. The second kappa shape index (κ2) is 2.55. The van der Waals surface area contributed by atoms with Crippen molar-refractivity contribution in [2.24, 2.45) is 0 Å². The van der Waals surface area contributed by atoms with Gasteiger partial charge >= 0.3 is 0 Å². The van der Waals surface area contributed by atoms with E-state index in [4.69, 9.17) is 5.11 Å². The minimum Gasteiger partial charge on any atom is -0.387 e. The van der Waals surface area contributed by atoms with Gasteiger partial charge in [0.05, 0.1) is 10.3 Å². The predicted molar refractivity (Wildman–Crippen MR) is 33.3 cm³/mol. The fourth-order valence-electron chi connectivity index (χ4n) is 0. The lowest BCUT2D eigenvalue weighted by Crippen LogP contribution is -2.05. The minimum absolute atomic E-state index is 0.343. The summed E-state index contributed by atoms with van der Waals surface area (Å²) in [5.41, 5.74) is 0. The molecule has 3 heteroatoms. The van der Waals surface area contributed by atoms with Gasteiger partial charge in [0, 0.05) is 0 Å². The molecule has 0 rings (SSSR count). The zero-order chi connectivity index (χ0) is 5.15. The van der Waals surface area contributed by atoms with Crippen molar-refractivity contribution < 1.29 is 5.11 Å². The molecule has 6 heavy (non-hydrogen) atoms. The van der Waals surface area contributed by atoms with Crippen molar-refractivity contribution in [3.63, 3.8) is 0 Å². The summed E-state index contributed by atoms with van der Waals surface area (Å²) in [5, 5.41) is 8.41. The van der Waals surface area contributed by atoms with Crippen LogP contribution < -0.4 is 0 Å². The molecule has 0 aliphatic rings. The van der Waals surface area contributed by atoms with E-state index >= 15 is 0 Å². The van der Waals surface area contributed by atoms with Crippen LogP contribution in [0.15, 0.2) is 0 Å². The molecule has 1 nitrogen and oxygen atoms in total. The average Bonchev–Trinajstić information content (AvgIpc) is 1.36. The Morgan fingerprint density at radius 3 is 2.17 bits per heavy atom. The summed E-state index contributed by atoms with van der Waals surface area (Å²) in [6.45, 7) is 1.58. The van der Waals surface area contributed by atoms with E-state index in [0.717, 1.165) is 0 Å². The molecule has 0 saturated heterocycles. The number of aliphatic hydroxyl groups is 1. The maximum Gasteiger partial charge on any atom is 0.0919 e. The molecule has 0 aromatic heterocycles. The van der Waals surface area contributed by atoms with Crippen LogP contribution in [0.25, 0.3) is 0 Å². The molecule has 36 valence electrons. The van der Waals surface area contributed by atoms with Crippen LogP contribution in [0.2, 0.25) is 0 Å². The standard InChI is InChI=1S/C3H6OS2/c1-2(4)3(5)6/h2,4H,1H3,(H,5,6). The van der Waals surface area contributed by atoms with Crippen molar-refractivity contribution in [2.45, 2.75) is 13.0 Å². The first-order valence-corrected chi connectivity index (χ1v) is 2.41. The van der Waals surface area contributed by atoms with Gasteiger partial charge in [-0.15, -0.1) is 12.6 Å². The molecule has 1 atom stereocenters. The van der Waals surface area contributed by atoms with Crippen molar-refractivity contribution in [2.75, 3.05) is 0 Å². The molecule has 0 spiro atoms. The molecule has 0 aliphatic heterocycles. The first-order valence-electron chi connectivity index (χ1n) is 1.55. The summed E-state index contributed by atoms with van der Waals surface area (Å²) in [7, 11) is 0. The van der Waals surface area contributed by atoms with E-state index in [2.05, 4.69) is 24.8 Å². The first-order chi connectivity index (χ1) is 2.64. The Morgan fingerprint density at radius 1 is 2.00 bits per heavy atom. The Balaban J connectivity index is 3.26. The fraction of sp³-hybridized carbons (Fsp3) is 0.667. The summed E-state index contributed by atoms with van der Waals surface area (Å²) < 4.78 is 0.343. The minimum atomic E-state index is -0.552. The van der Waals surface area contributed by atoms with Crippen LogP contribution in [0.1, 0.15) is 6.92 Å². The molecule has 0 saturated carbocycles. The largest absolute Gasteiger partial charge is 0.387 e. The zero-order valence-electron chi connectivity index (χ0n) is 3.38. The molecule has 0 heterocycles. The lowest BCUT2D eigenvalue weighted by atomic mass is 10.5. The second-order valence-corrected chi connectivity index (χ2v) is 2.24. The highest BCUT2D eigenvalue weighted by Crippen LogP contribution is 1.89. The lowest BCUT2D eigenvalue weighted by Gasteiger charge is -1.93. The van der Waals surface area contributed by atoms with Crippen LogP contribution in [0.5, 0.6) is 0 Å². The smallest absolute Gasteiger partial charge is 0.0919 e. The van der Waals surface area contributed by atoms with Crippen molar-refractivity contribution in [1.82, 2.24) is 0 Å². The average molecular weight is 122 g/mol. The second-order valence-electron chi connectivity index (χ2n) is 1.01. The van der Waals surface area contributed by atoms with Gasteiger partial charge in [0.25, 0.3) is 0 Å². The van der Waals surface area contributed by atoms with Crippen LogP contribution in [0.3, 0.4) is 0 Å². The zero-order valence-corrected chi connectivity index (χ0v) is 5.09. The lowest BCUT2D eigenvalue weighted by molar-refractivity contribution is 0.268. The molecule has 0 aliphatic carbocycles. The summed E-state index contributed by atoms with van der Waals surface area (Å²) in [6.07, 6.45) is -0.552. The molecule has 0 bridgehead atoms. The van der Waals surface area contributed by atoms with Crippen LogP contribution in [-0.2, 0) is 0 Å². The summed E-state index contributed by atoms with van der Waals surface area (Å²) in [4.78, 5) is 0. The quantitative estimate of drug-likeness (QED) is 0.393. The molecule has 0 aromatic carbocycles. The maximum atomic E-state index is 8.41. The van der Waals surface area contributed by atoms with E-state index in [1.54, 1.807) is 6.92 Å². The monoisotopic (exact) mass is 122 g/mol. The van der Waals surface area contributed by atoms with Crippen molar-refractivity contribution in [3.8, 4) is 0 Å². The van der Waals surface area contributed by atoms with E-state index in [0.29, 0.717) is 4.20 Å². The molecule has 0 fully saturated rings. The van der Waals surface area contributed by atoms with E-state index in [1.165, 1.54) is 0 Å². The molecular weight excluding hydrogens is 116 g/mol. The number of hydrogen-bond acceptors (Lipinski definition) is 2. The third kappa shape index (κ3) is 2.63. The Morgan fingerprint density at radius 2 is 2.17 bits per heavy atom. The third-order valence-corrected chi connectivity index (χ3v) is 1.07. The Hall–Kier alpha value is 0.400. The Labute approximate surface area is 47.8 Å². The van der Waals surface area contributed by atoms with Crippen molar-refractivity contribution >= 4 is 29.0 Å². The molecule has 1 unspecified atom stereocenters. The molecule has 1 N–H and O–H groups in total. The molecule has 0 amide bonds.